The molecule has 0 bridgehead atoms. The van der Waals surface area contributed by atoms with Gasteiger partial charge in [-0.1, -0.05) is 13.8 Å². The SMILES string of the molecule is Cc1oc2c(c1C(=O)NCCC(C)C)C(=O)C1=C(CCCC1)C2=O. The lowest BCUT2D eigenvalue weighted by atomic mass is 9.79. The van der Waals surface area contributed by atoms with Gasteiger partial charge >= 0.3 is 0 Å². The third-order valence-electron chi connectivity index (χ3n) is 4.77. The summed E-state index contributed by atoms with van der Waals surface area (Å²) in [5.41, 5.74) is 1.56. The van der Waals surface area contributed by atoms with E-state index < -0.39 is 0 Å². The number of hydrogen-bond donors (Lipinski definition) is 1. The van der Waals surface area contributed by atoms with Gasteiger partial charge in [-0.25, -0.2) is 0 Å². The number of fused-ring (bicyclic) bond motifs is 1. The van der Waals surface area contributed by atoms with Gasteiger partial charge in [0.05, 0.1) is 11.1 Å². The smallest absolute Gasteiger partial charge is 0.255 e. The predicted molar refractivity (Wildman–Crippen MR) is 89.4 cm³/mol. The minimum absolute atomic E-state index is 0.0483. The van der Waals surface area contributed by atoms with E-state index >= 15 is 0 Å². The molecule has 3 rings (SSSR count). The lowest BCUT2D eigenvalue weighted by Crippen LogP contribution is -2.29. The van der Waals surface area contributed by atoms with Crippen LogP contribution in [0.1, 0.15) is 83.0 Å². The average molecular weight is 329 g/mol. The summed E-state index contributed by atoms with van der Waals surface area (Å²) < 4.78 is 5.55. The van der Waals surface area contributed by atoms with Crippen molar-refractivity contribution in [3.05, 3.63) is 33.8 Å². The van der Waals surface area contributed by atoms with Crippen LogP contribution < -0.4 is 5.32 Å². The molecule has 128 valence electrons. The molecule has 0 aliphatic heterocycles. The summed E-state index contributed by atoms with van der Waals surface area (Å²) in [6.07, 6.45) is 3.90. The zero-order chi connectivity index (χ0) is 17.4. The first kappa shape index (κ1) is 16.7. The minimum atomic E-state index is -0.334. The fourth-order valence-corrected chi connectivity index (χ4v) is 3.45. The van der Waals surface area contributed by atoms with Crippen LogP contribution in [0.3, 0.4) is 0 Å². The van der Waals surface area contributed by atoms with Crippen molar-refractivity contribution >= 4 is 17.5 Å². The molecule has 0 atom stereocenters. The van der Waals surface area contributed by atoms with E-state index in [4.69, 9.17) is 4.42 Å². The molecule has 0 unspecified atom stereocenters. The van der Waals surface area contributed by atoms with Crippen LogP contribution in [0.2, 0.25) is 0 Å². The van der Waals surface area contributed by atoms with E-state index in [1.807, 2.05) is 0 Å². The predicted octanol–water partition coefficient (Wildman–Crippen LogP) is 3.61. The second-order valence-corrected chi connectivity index (χ2v) is 7.00. The highest BCUT2D eigenvalue weighted by Crippen LogP contribution is 2.38. The number of rotatable bonds is 4. The van der Waals surface area contributed by atoms with Gasteiger partial charge in [0, 0.05) is 17.7 Å². The Morgan fingerprint density at radius 3 is 2.38 bits per heavy atom. The number of aryl methyl sites for hydroxylation is 1. The molecule has 0 aromatic carbocycles. The van der Waals surface area contributed by atoms with Gasteiger partial charge in [-0.15, -0.1) is 0 Å². The van der Waals surface area contributed by atoms with Crippen LogP contribution in [-0.2, 0) is 0 Å². The number of hydrogen-bond acceptors (Lipinski definition) is 4. The van der Waals surface area contributed by atoms with Crippen LogP contribution >= 0.6 is 0 Å². The summed E-state index contributed by atoms with van der Waals surface area (Å²) in [6.45, 7) is 6.33. The number of carbonyl (C=O) groups is 3. The fraction of sp³-hybridized carbons (Fsp3) is 0.526. The average Bonchev–Trinajstić information content (AvgIpc) is 2.90. The molecular weight excluding hydrogens is 306 g/mol. The van der Waals surface area contributed by atoms with Crippen LogP contribution in [0.25, 0.3) is 0 Å². The van der Waals surface area contributed by atoms with E-state index in [1.54, 1.807) is 6.92 Å². The number of allylic oxidation sites excluding steroid dienone is 2. The van der Waals surface area contributed by atoms with E-state index in [9.17, 15) is 14.4 Å². The van der Waals surface area contributed by atoms with E-state index in [0.717, 1.165) is 19.3 Å². The molecule has 0 fully saturated rings. The maximum atomic E-state index is 12.9. The molecular formula is C19H23NO4. The standard InChI is InChI=1S/C19H23NO4/c1-10(2)8-9-20-19(23)14-11(3)24-18-15(14)16(21)12-6-4-5-7-13(12)17(18)22/h10H,4-9H2,1-3H3,(H,20,23). The lowest BCUT2D eigenvalue weighted by Gasteiger charge is -2.22. The topological polar surface area (TPSA) is 76.4 Å². The number of Topliss-reactive ketones (excluding diaryl/α,β-unsaturated/α-hetero) is 2. The number of carbonyl (C=O) groups excluding carboxylic acids is 3. The number of furan rings is 1. The molecule has 0 spiro atoms. The summed E-state index contributed by atoms with van der Waals surface area (Å²) in [5.74, 6) is 0.103. The quantitative estimate of drug-likeness (QED) is 0.915. The van der Waals surface area contributed by atoms with Gasteiger partial charge in [0.1, 0.15) is 5.76 Å². The minimum Gasteiger partial charge on any atom is -0.456 e. The molecule has 1 amide bonds. The van der Waals surface area contributed by atoms with Gasteiger partial charge < -0.3 is 9.73 Å². The fourth-order valence-electron chi connectivity index (χ4n) is 3.45. The maximum Gasteiger partial charge on any atom is 0.255 e. The highest BCUT2D eigenvalue weighted by molar-refractivity contribution is 6.29. The Balaban J connectivity index is 1.95. The largest absolute Gasteiger partial charge is 0.456 e. The zero-order valence-electron chi connectivity index (χ0n) is 14.5. The van der Waals surface area contributed by atoms with Gasteiger partial charge in [-0.2, -0.15) is 0 Å². The van der Waals surface area contributed by atoms with Crippen molar-refractivity contribution in [1.29, 1.82) is 0 Å². The molecule has 1 aromatic rings. The van der Waals surface area contributed by atoms with Crippen LogP contribution in [0.5, 0.6) is 0 Å². The Labute approximate surface area is 141 Å². The molecule has 1 aromatic heterocycles. The van der Waals surface area contributed by atoms with Gasteiger partial charge in [0.25, 0.3) is 5.91 Å². The van der Waals surface area contributed by atoms with E-state index in [-0.39, 0.29) is 34.4 Å². The van der Waals surface area contributed by atoms with Crippen LogP contribution in [-0.4, -0.2) is 24.0 Å². The third-order valence-corrected chi connectivity index (χ3v) is 4.77. The molecule has 2 aliphatic carbocycles. The summed E-state index contributed by atoms with van der Waals surface area (Å²) >= 11 is 0. The first-order chi connectivity index (χ1) is 11.4. The highest BCUT2D eigenvalue weighted by Gasteiger charge is 2.40. The Morgan fingerprint density at radius 1 is 1.12 bits per heavy atom. The van der Waals surface area contributed by atoms with E-state index in [1.165, 1.54) is 0 Å². The zero-order valence-corrected chi connectivity index (χ0v) is 14.5. The van der Waals surface area contributed by atoms with Crippen LogP contribution in [0, 0.1) is 12.8 Å². The monoisotopic (exact) mass is 329 g/mol. The van der Waals surface area contributed by atoms with Gasteiger partial charge in [0.2, 0.25) is 5.78 Å². The second kappa shape index (κ2) is 6.38. The molecule has 1 N–H and O–H groups in total. The van der Waals surface area contributed by atoms with Crippen molar-refractivity contribution in [2.24, 2.45) is 5.92 Å². The molecule has 2 aliphatic rings. The first-order valence-electron chi connectivity index (χ1n) is 8.64. The molecule has 24 heavy (non-hydrogen) atoms. The molecule has 5 heteroatoms. The van der Waals surface area contributed by atoms with Crippen LogP contribution in [0.4, 0.5) is 0 Å². The molecule has 0 saturated heterocycles. The molecule has 0 radical (unpaired) electrons. The maximum absolute atomic E-state index is 12.9. The Morgan fingerprint density at radius 2 is 1.75 bits per heavy atom. The van der Waals surface area contributed by atoms with Crippen molar-refractivity contribution in [3.63, 3.8) is 0 Å². The van der Waals surface area contributed by atoms with Crippen molar-refractivity contribution in [2.75, 3.05) is 6.54 Å². The van der Waals surface area contributed by atoms with Gasteiger partial charge in [-0.05, 0) is 44.9 Å². The molecule has 5 nitrogen and oxygen atoms in total. The summed E-state index contributed by atoms with van der Waals surface area (Å²) in [6, 6.07) is 0. The van der Waals surface area contributed by atoms with Crippen molar-refractivity contribution in [2.45, 2.75) is 52.9 Å². The van der Waals surface area contributed by atoms with E-state index in [2.05, 4.69) is 19.2 Å². The molecule has 1 heterocycles. The van der Waals surface area contributed by atoms with Crippen molar-refractivity contribution in [3.8, 4) is 0 Å². The van der Waals surface area contributed by atoms with Gasteiger partial charge in [-0.3, -0.25) is 14.4 Å². The number of ketones is 2. The number of amides is 1. The first-order valence-corrected chi connectivity index (χ1v) is 8.64. The highest BCUT2D eigenvalue weighted by atomic mass is 16.4. The Kier molecular flexibility index (Phi) is 4.43. The second-order valence-electron chi connectivity index (χ2n) is 7.00. The Hall–Kier alpha value is -2.17. The summed E-state index contributed by atoms with van der Waals surface area (Å²) in [5, 5.41) is 2.84. The molecule has 0 saturated carbocycles. The summed E-state index contributed by atoms with van der Waals surface area (Å²) in [7, 11) is 0. The lowest BCUT2D eigenvalue weighted by molar-refractivity contribution is 0.0931. The van der Waals surface area contributed by atoms with Crippen molar-refractivity contribution < 1.29 is 18.8 Å². The number of nitrogens with one attached hydrogen (secondary N) is 1. The normalized spacial score (nSPS) is 17.2. The van der Waals surface area contributed by atoms with Crippen LogP contribution in [0.15, 0.2) is 15.6 Å². The Bertz CT molecular complexity index is 752. The van der Waals surface area contributed by atoms with E-state index in [0.29, 0.717) is 42.2 Å². The third kappa shape index (κ3) is 2.72. The van der Waals surface area contributed by atoms with Gasteiger partial charge in [0.15, 0.2) is 11.5 Å². The van der Waals surface area contributed by atoms with Crippen molar-refractivity contribution in [1.82, 2.24) is 5.32 Å². The summed E-state index contributed by atoms with van der Waals surface area (Å²) in [4.78, 5) is 38.1.